The van der Waals surface area contributed by atoms with Gasteiger partial charge in [-0.2, -0.15) is 0 Å². The molecule has 0 saturated heterocycles. The van der Waals surface area contributed by atoms with Crippen LogP contribution in [-0.4, -0.2) is 0 Å². The molecule has 134 valence electrons. The Balaban J connectivity index is 1.87. The molecule has 0 aliphatic carbocycles. The van der Waals surface area contributed by atoms with Gasteiger partial charge in [-0.25, -0.2) is 13.2 Å². The Labute approximate surface area is 154 Å². The van der Waals surface area contributed by atoms with E-state index < -0.39 is 17.5 Å². The summed E-state index contributed by atoms with van der Waals surface area (Å²) in [5, 5.41) is 0.362. The van der Waals surface area contributed by atoms with E-state index in [2.05, 4.69) is 0 Å². The van der Waals surface area contributed by atoms with Crippen LogP contribution in [0.3, 0.4) is 0 Å². The van der Waals surface area contributed by atoms with Crippen LogP contribution in [-0.2, 0) is 13.2 Å². The van der Waals surface area contributed by atoms with E-state index in [0.717, 1.165) is 23.8 Å². The van der Waals surface area contributed by atoms with Gasteiger partial charge in [-0.3, -0.25) is 0 Å². The molecule has 0 aliphatic rings. The smallest absolute Gasteiger partial charge is 0.138 e. The van der Waals surface area contributed by atoms with E-state index in [1.807, 2.05) is 0 Å². The number of benzene rings is 3. The second-order valence-corrected chi connectivity index (χ2v) is 6.07. The molecular formula is C20H15ClF3NO. The van der Waals surface area contributed by atoms with Gasteiger partial charge in [0.25, 0.3) is 0 Å². The molecule has 0 spiro atoms. The van der Waals surface area contributed by atoms with Gasteiger partial charge >= 0.3 is 0 Å². The highest BCUT2D eigenvalue weighted by Gasteiger charge is 2.15. The van der Waals surface area contributed by atoms with Gasteiger partial charge in [0.2, 0.25) is 0 Å². The summed E-state index contributed by atoms with van der Waals surface area (Å²) in [6.07, 6.45) is 0. The number of nitrogens with two attached hydrogens (primary N) is 1. The van der Waals surface area contributed by atoms with Gasteiger partial charge < -0.3 is 10.5 Å². The molecule has 0 heterocycles. The molecule has 3 rings (SSSR count). The number of hydrogen-bond donors (Lipinski definition) is 1. The van der Waals surface area contributed by atoms with E-state index in [0.29, 0.717) is 17.3 Å². The number of hydrogen-bond acceptors (Lipinski definition) is 2. The largest absolute Gasteiger partial charge is 0.487 e. The molecule has 0 fully saturated rings. The van der Waals surface area contributed by atoms with Crippen molar-refractivity contribution in [1.82, 2.24) is 0 Å². The summed E-state index contributed by atoms with van der Waals surface area (Å²) in [5.74, 6) is -1.64. The van der Waals surface area contributed by atoms with Crippen molar-refractivity contribution in [2.45, 2.75) is 13.2 Å². The standard InChI is InChI=1S/C20H15ClF3NO/c21-17-8-12(10-25)4-7-19(17)26-11-13-2-1-3-15(20(13)24)16-9-14(22)5-6-18(16)23/h1-9H,10-11,25H2. The lowest BCUT2D eigenvalue weighted by Crippen LogP contribution is -2.02. The third-order valence-corrected chi connectivity index (χ3v) is 4.21. The lowest BCUT2D eigenvalue weighted by Gasteiger charge is -2.12. The molecule has 0 bridgehead atoms. The van der Waals surface area contributed by atoms with Crippen LogP contribution in [0.1, 0.15) is 11.1 Å². The topological polar surface area (TPSA) is 35.2 Å². The Bertz CT molecular complexity index is 946. The van der Waals surface area contributed by atoms with Crippen molar-refractivity contribution >= 4 is 11.6 Å². The summed E-state index contributed by atoms with van der Waals surface area (Å²) in [6.45, 7) is 0.230. The van der Waals surface area contributed by atoms with Gasteiger partial charge in [0.05, 0.1) is 5.02 Å². The van der Waals surface area contributed by atoms with Crippen LogP contribution >= 0.6 is 11.6 Å². The first kappa shape index (κ1) is 18.3. The van der Waals surface area contributed by atoms with Crippen molar-refractivity contribution in [1.29, 1.82) is 0 Å². The van der Waals surface area contributed by atoms with Crippen LogP contribution < -0.4 is 10.5 Å². The van der Waals surface area contributed by atoms with Gasteiger partial charge in [0.1, 0.15) is 29.8 Å². The molecule has 0 aliphatic heterocycles. The van der Waals surface area contributed by atoms with E-state index in [9.17, 15) is 13.2 Å². The predicted octanol–water partition coefficient (Wildman–Crippen LogP) is 5.46. The van der Waals surface area contributed by atoms with Gasteiger partial charge in [-0.15, -0.1) is 0 Å². The summed E-state index contributed by atoms with van der Waals surface area (Å²) in [5.41, 5.74) is 6.41. The van der Waals surface area contributed by atoms with Crippen LogP contribution in [0.4, 0.5) is 13.2 Å². The lowest BCUT2D eigenvalue weighted by atomic mass is 10.0. The summed E-state index contributed by atoms with van der Waals surface area (Å²) in [7, 11) is 0. The molecule has 2 N–H and O–H groups in total. The molecule has 3 aromatic rings. The van der Waals surface area contributed by atoms with Gasteiger partial charge in [-0.1, -0.05) is 35.9 Å². The minimum absolute atomic E-state index is 0.0346. The first-order chi connectivity index (χ1) is 12.5. The Morgan fingerprint density at radius 3 is 2.46 bits per heavy atom. The maximum atomic E-state index is 14.8. The van der Waals surface area contributed by atoms with Crippen molar-refractivity contribution in [3.63, 3.8) is 0 Å². The molecule has 26 heavy (non-hydrogen) atoms. The quantitative estimate of drug-likeness (QED) is 0.640. The van der Waals surface area contributed by atoms with Gasteiger partial charge in [0.15, 0.2) is 0 Å². The average molecular weight is 378 g/mol. The van der Waals surface area contributed by atoms with Crippen LogP contribution in [0, 0.1) is 17.5 Å². The third-order valence-electron chi connectivity index (χ3n) is 3.91. The highest BCUT2D eigenvalue weighted by atomic mass is 35.5. The highest BCUT2D eigenvalue weighted by Crippen LogP contribution is 2.30. The number of ether oxygens (including phenoxy) is 1. The van der Waals surface area contributed by atoms with E-state index in [1.54, 1.807) is 24.3 Å². The minimum atomic E-state index is -0.705. The van der Waals surface area contributed by atoms with E-state index >= 15 is 0 Å². The fourth-order valence-corrected chi connectivity index (χ4v) is 2.80. The second kappa shape index (κ2) is 7.81. The molecule has 0 atom stereocenters. The summed E-state index contributed by atoms with van der Waals surface area (Å²) in [4.78, 5) is 0. The average Bonchev–Trinajstić information content (AvgIpc) is 2.64. The number of halogens is 4. The van der Waals surface area contributed by atoms with E-state index in [4.69, 9.17) is 22.1 Å². The van der Waals surface area contributed by atoms with Crippen LogP contribution in [0.25, 0.3) is 11.1 Å². The fourth-order valence-electron chi connectivity index (χ4n) is 2.55. The van der Waals surface area contributed by atoms with Crippen molar-refractivity contribution in [2.24, 2.45) is 5.73 Å². The van der Waals surface area contributed by atoms with Crippen molar-refractivity contribution in [2.75, 3.05) is 0 Å². The van der Waals surface area contributed by atoms with Crippen molar-refractivity contribution in [3.8, 4) is 16.9 Å². The molecule has 3 aromatic carbocycles. The van der Waals surface area contributed by atoms with Gasteiger partial charge in [0, 0.05) is 23.2 Å². The SMILES string of the molecule is NCc1ccc(OCc2cccc(-c3cc(F)ccc3F)c2F)c(Cl)c1. The molecular weight excluding hydrogens is 363 g/mol. The zero-order valence-corrected chi connectivity index (χ0v) is 14.4. The monoisotopic (exact) mass is 377 g/mol. The third kappa shape index (κ3) is 3.84. The van der Waals surface area contributed by atoms with Crippen LogP contribution in [0.2, 0.25) is 5.02 Å². The molecule has 0 amide bonds. The first-order valence-electron chi connectivity index (χ1n) is 7.83. The maximum Gasteiger partial charge on any atom is 0.138 e. The molecule has 0 unspecified atom stereocenters. The van der Waals surface area contributed by atoms with Gasteiger partial charge in [-0.05, 0) is 35.9 Å². The summed E-state index contributed by atoms with van der Waals surface area (Å²) < 4.78 is 47.7. The van der Waals surface area contributed by atoms with E-state index in [-0.39, 0.29) is 23.3 Å². The Hall–Kier alpha value is -2.50. The summed E-state index contributed by atoms with van der Waals surface area (Å²) >= 11 is 6.11. The van der Waals surface area contributed by atoms with Crippen LogP contribution in [0.15, 0.2) is 54.6 Å². The zero-order valence-electron chi connectivity index (χ0n) is 13.6. The molecule has 6 heteroatoms. The molecule has 0 saturated carbocycles. The maximum absolute atomic E-state index is 14.8. The first-order valence-corrected chi connectivity index (χ1v) is 8.21. The minimum Gasteiger partial charge on any atom is -0.487 e. The second-order valence-electron chi connectivity index (χ2n) is 5.66. The zero-order chi connectivity index (χ0) is 18.7. The molecule has 2 nitrogen and oxygen atoms in total. The summed E-state index contributed by atoms with van der Waals surface area (Å²) in [6, 6.07) is 12.4. The molecule has 0 radical (unpaired) electrons. The molecule has 0 aromatic heterocycles. The van der Waals surface area contributed by atoms with Crippen LogP contribution in [0.5, 0.6) is 5.75 Å². The highest BCUT2D eigenvalue weighted by molar-refractivity contribution is 6.32. The number of rotatable bonds is 5. The van der Waals surface area contributed by atoms with Crippen molar-refractivity contribution in [3.05, 3.63) is 88.2 Å². The van der Waals surface area contributed by atoms with Crippen molar-refractivity contribution < 1.29 is 17.9 Å². The lowest BCUT2D eigenvalue weighted by molar-refractivity contribution is 0.300. The Morgan fingerprint density at radius 2 is 1.73 bits per heavy atom. The Kier molecular flexibility index (Phi) is 5.49. The van der Waals surface area contributed by atoms with E-state index in [1.165, 1.54) is 12.1 Å². The fraction of sp³-hybridized carbons (Fsp3) is 0.100. The normalized spacial score (nSPS) is 10.8. The predicted molar refractivity (Wildman–Crippen MR) is 95.4 cm³/mol. The Morgan fingerprint density at radius 1 is 0.923 bits per heavy atom.